The molecule has 0 aliphatic rings. The van der Waals surface area contributed by atoms with Gasteiger partial charge in [0.15, 0.2) is 0 Å². The highest BCUT2D eigenvalue weighted by Gasteiger charge is 2.17. The third-order valence-electron chi connectivity index (χ3n) is 2.84. The number of rotatable bonds is 4. The minimum Gasteiger partial charge on any atom is -0.377 e. The number of hydrogen-bond acceptors (Lipinski definition) is 2. The summed E-state index contributed by atoms with van der Waals surface area (Å²) in [6.07, 6.45) is 0. The summed E-state index contributed by atoms with van der Waals surface area (Å²) in [6.45, 7) is 0.203. The van der Waals surface area contributed by atoms with Crippen LogP contribution in [0.5, 0.6) is 0 Å². The maximum atomic E-state index is 13.9. The molecule has 0 aliphatic carbocycles. The minimum absolute atomic E-state index is 0.203. The van der Waals surface area contributed by atoms with Crippen LogP contribution in [-0.4, -0.2) is 6.54 Å². The molecule has 0 saturated heterocycles. The minimum atomic E-state index is -0.430. The van der Waals surface area contributed by atoms with Crippen molar-refractivity contribution in [2.75, 3.05) is 11.9 Å². The Morgan fingerprint density at radius 1 is 1.20 bits per heavy atom. The predicted molar refractivity (Wildman–Crippen MR) is 86.0 cm³/mol. The van der Waals surface area contributed by atoms with Crippen LogP contribution in [0.25, 0.3) is 0 Å². The van der Waals surface area contributed by atoms with Crippen molar-refractivity contribution in [2.24, 2.45) is 5.73 Å². The average Bonchev–Trinajstić information content (AvgIpc) is 2.41. The van der Waals surface area contributed by atoms with Gasteiger partial charge >= 0.3 is 0 Å². The fraction of sp³-hybridized carbons (Fsp3) is 0.143. The molecule has 2 aromatic rings. The number of hydrogen-bond donors (Lipinski definition) is 2. The Morgan fingerprint density at radius 3 is 2.55 bits per heavy atom. The fourth-order valence-electron chi connectivity index (χ4n) is 1.88. The average molecular weight is 378 g/mol. The number of halogens is 4. The molecule has 0 aromatic heterocycles. The van der Waals surface area contributed by atoms with Crippen molar-refractivity contribution in [3.63, 3.8) is 0 Å². The molecule has 20 heavy (non-hydrogen) atoms. The topological polar surface area (TPSA) is 38.0 Å². The van der Waals surface area contributed by atoms with Crippen molar-refractivity contribution in [2.45, 2.75) is 6.04 Å². The SMILES string of the molecule is NCC(Nc1ccc(Br)c(Cl)c1)c1c(F)cccc1Cl. The van der Waals surface area contributed by atoms with Crippen LogP contribution in [0.1, 0.15) is 11.6 Å². The van der Waals surface area contributed by atoms with Gasteiger partial charge in [0.2, 0.25) is 0 Å². The van der Waals surface area contributed by atoms with E-state index in [1.165, 1.54) is 6.07 Å². The van der Waals surface area contributed by atoms with E-state index in [1.54, 1.807) is 24.3 Å². The van der Waals surface area contributed by atoms with Crippen LogP contribution in [0, 0.1) is 5.82 Å². The molecule has 106 valence electrons. The van der Waals surface area contributed by atoms with Crippen LogP contribution >= 0.6 is 39.1 Å². The zero-order chi connectivity index (χ0) is 14.7. The number of anilines is 1. The molecule has 0 bridgehead atoms. The molecule has 1 unspecified atom stereocenters. The first-order chi connectivity index (χ1) is 9.52. The van der Waals surface area contributed by atoms with E-state index in [0.717, 1.165) is 10.2 Å². The molecule has 2 aromatic carbocycles. The van der Waals surface area contributed by atoms with Crippen LogP contribution in [0.15, 0.2) is 40.9 Å². The summed E-state index contributed by atoms with van der Waals surface area (Å²) in [5, 5.41) is 4.04. The first kappa shape index (κ1) is 15.6. The zero-order valence-corrected chi connectivity index (χ0v) is 13.4. The first-order valence-electron chi connectivity index (χ1n) is 5.88. The molecule has 0 heterocycles. The van der Waals surface area contributed by atoms with E-state index in [1.807, 2.05) is 6.07 Å². The first-order valence-corrected chi connectivity index (χ1v) is 7.43. The molecule has 0 saturated carbocycles. The number of nitrogens with one attached hydrogen (secondary N) is 1. The van der Waals surface area contributed by atoms with Gasteiger partial charge in [-0.1, -0.05) is 29.3 Å². The van der Waals surface area contributed by atoms with E-state index in [2.05, 4.69) is 21.2 Å². The standard InChI is InChI=1S/C14H12BrCl2FN2/c15-9-5-4-8(6-11(9)17)20-13(7-19)14-10(16)2-1-3-12(14)18/h1-6,13,20H,7,19H2. The second-order valence-corrected chi connectivity index (χ2v) is 5.87. The van der Waals surface area contributed by atoms with Gasteiger partial charge in [-0.05, 0) is 46.3 Å². The molecular weight excluding hydrogens is 366 g/mol. The Bertz CT molecular complexity index is 602. The highest BCUT2D eigenvalue weighted by Crippen LogP contribution is 2.30. The fourth-order valence-corrected chi connectivity index (χ4v) is 2.60. The predicted octanol–water partition coefficient (Wildman–Crippen LogP) is 5.01. The summed E-state index contributed by atoms with van der Waals surface area (Å²) in [5.74, 6) is -0.386. The lowest BCUT2D eigenvalue weighted by Crippen LogP contribution is -2.22. The molecule has 1 atom stereocenters. The van der Waals surface area contributed by atoms with Gasteiger partial charge in [0.05, 0.1) is 11.1 Å². The largest absolute Gasteiger partial charge is 0.377 e. The van der Waals surface area contributed by atoms with Gasteiger partial charge in [-0.15, -0.1) is 0 Å². The van der Waals surface area contributed by atoms with Crippen molar-refractivity contribution in [1.29, 1.82) is 0 Å². The van der Waals surface area contributed by atoms with Crippen LogP contribution in [-0.2, 0) is 0 Å². The number of benzene rings is 2. The second kappa shape index (κ2) is 6.76. The third-order valence-corrected chi connectivity index (χ3v) is 4.41. The van der Waals surface area contributed by atoms with E-state index in [0.29, 0.717) is 15.6 Å². The summed E-state index contributed by atoms with van der Waals surface area (Å²) in [4.78, 5) is 0. The Kier molecular flexibility index (Phi) is 5.27. The Balaban J connectivity index is 2.31. The molecule has 6 heteroatoms. The molecule has 0 amide bonds. The molecule has 2 rings (SSSR count). The van der Waals surface area contributed by atoms with Gasteiger partial charge in [0.25, 0.3) is 0 Å². The van der Waals surface area contributed by atoms with Crippen LogP contribution in [0.3, 0.4) is 0 Å². The highest BCUT2D eigenvalue weighted by atomic mass is 79.9. The van der Waals surface area contributed by atoms with E-state index in [-0.39, 0.29) is 12.4 Å². The van der Waals surface area contributed by atoms with E-state index >= 15 is 0 Å². The van der Waals surface area contributed by atoms with Crippen LogP contribution < -0.4 is 11.1 Å². The van der Waals surface area contributed by atoms with Crippen molar-refractivity contribution in [1.82, 2.24) is 0 Å². The second-order valence-electron chi connectivity index (χ2n) is 4.20. The number of nitrogens with two attached hydrogens (primary N) is 1. The van der Waals surface area contributed by atoms with E-state index < -0.39 is 6.04 Å². The normalized spacial score (nSPS) is 12.2. The Hall–Kier alpha value is -0.810. The van der Waals surface area contributed by atoms with Gasteiger partial charge in [-0.3, -0.25) is 0 Å². The zero-order valence-electron chi connectivity index (χ0n) is 10.3. The van der Waals surface area contributed by atoms with Crippen molar-refractivity contribution >= 4 is 44.8 Å². The van der Waals surface area contributed by atoms with Crippen molar-refractivity contribution < 1.29 is 4.39 Å². The molecule has 0 radical (unpaired) electrons. The summed E-state index contributed by atoms with van der Waals surface area (Å²) < 4.78 is 14.7. The Labute approximate surface area is 135 Å². The lowest BCUT2D eigenvalue weighted by Gasteiger charge is -2.20. The maximum absolute atomic E-state index is 13.9. The summed E-state index contributed by atoms with van der Waals surface area (Å²) in [5.41, 5.74) is 6.83. The quantitative estimate of drug-likeness (QED) is 0.786. The molecule has 3 N–H and O–H groups in total. The smallest absolute Gasteiger partial charge is 0.130 e. The summed E-state index contributed by atoms with van der Waals surface area (Å²) in [6, 6.07) is 9.50. The van der Waals surface area contributed by atoms with Crippen LogP contribution in [0.2, 0.25) is 10.0 Å². The Morgan fingerprint density at radius 2 is 1.95 bits per heavy atom. The van der Waals surface area contributed by atoms with Gasteiger partial charge in [0, 0.05) is 27.3 Å². The lowest BCUT2D eigenvalue weighted by molar-refractivity contribution is 0.593. The van der Waals surface area contributed by atoms with Gasteiger partial charge < -0.3 is 11.1 Å². The maximum Gasteiger partial charge on any atom is 0.130 e. The van der Waals surface area contributed by atoms with Gasteiger partial charge in [0.1, 0.15) is 5.82 Å². The van der Waals surface area contributed by atoms with Crippen molar-refractivity contribution in [3.8, 4) is 0 Å². The van der Waals surface area contributed by atoms with Crippen molar-refractivity contribution in [3.05, 3.63) is 62.3 Å². The molecule has 0 fully saturated rings. The molecular formula is C14H12BrCl2FN2. The molecule has 2 nitrogen and oxygen atoms in total. The highest BCUT2D eigenvalue weighted by molar-refractivity contribution is 9.10. The van der Waals surface area contributed by atoms with Crippen LogP contribution in [0.4, 0.5) is 10.1 Å². The lowest BCUT2D eigenvalue weighted by atomic mass is 10.1. The van der Waals surface area contributed by atoms with Gasteiger partial charge in [-0.25, -0.2) is 4.39 Å². The summed E-state index contributed by atoms with van der Waals surface area (Å²) >= 11 is 15.4. The summed E-state index contributed by atoms with van der Waals surface area (Å²) in [7, 11) is 0. The van der Waals surface area contributed by atoms with E-state index in [4.69, 9.17) is 28.9 Å². The van der Waals surface area contributed by atoms with Gasteiger partial charge in [-0.2, -0.15) is 0 Å². The van der Waals surface area contributed by atoms with E-state index in [9.17, 15) is 4.39 Å². The third kappa shape index (κ3) is 3.44. The molecule has 0 aliphatic heterocycles. The monoisotopic (exact) mass is 376 g/mol. The molecule has 0 spiro atoms.